The summed E-state index contributed by atoms with van der Waals surface area (Å²) in [4.78, 5) is 21.8. The molecule has 4 saturated heterocycles. The van der Waals surface area contributed by atoms with Gasteiger partial charge in [0.15, 0.2) is 0 Å². The molecule has 58 heavy (non-hydrogen) atoms. The highest BCUT2D eigenvalue weighted by atomic mass is 31.2. The minimum atomic E-state index is -4.93. The van der Waals surface area contributed by atoms with Gasteiger partial charge in [-0.15, -0.1) is 0 Å². The summed E-state index contributed by atoms with van der Waals surface area (Å²) in [5.74, 6) is 0. The van der Waals surface area contributed by atoms with Crippen LogP contribution in [0.5, 0.6) is 0 Å². The van der Waals surface area contributed by atoms with Crippen molar-refractivity contribution in [1.29, 1.82) is 0 Å². The molecular formula is C32H57BO21P4. The molecule has 17 atom stereocenters. The predicted molar refractivity (Wildman–Crippen MR) is 200 cm³/mol. The number of aliphatic hydroxyl groups excluding tert-OH is 1. The van der Waals surface area contributed by atoms with Crippen molar-refractivity contribution in [1.82, 2.24) is 0 Å². The summed E-state index contributed by atoms with van der Waals surface area (Å²) in [5, 5.41) is 10.0. The Morgan fingerprint density at radius 3 is 1.50 bits per heavy atom. The van der Waals surface area contributed by atoms with Crippen LogP contribution in [0.2, 0.25) is 0 Å². The van der Waals surface area contributed by atoms with Crippen molar-refractivity contribution in [3.05, 3.63) is 0 Å². The molecular weight excluding hydrogens is 855 g/mol. The van der Waals surface area contributed by atoms with Gasteiger partial charge in [-0.1, -0.05) is 0 Å². The molecule has 3 N–H and O–H groups in total. The summed E-state index contributed by atoms with van der Waals surface area (Å²) in [6.07, 6.45) is -9.34. The van der Waals surface area contributed by atoms with E-state index in [2.05, 4.69) is 0 Å². The van der Waals surface area contributed by atoms with E-state index in [-0.39, 0.29) is 25.4 Å². The highest BCUT2D eigenvalue weighted by molar-refractivity contribution is 7.49. The molecule has 6 aliphatic rings. The number of phosphoric acid groups is 4. The van der Waals surface area contributed by atoms with Crippen LogP contribution >= 0.6 is 31.3 Å². The zero-order valence-electron chi connectivity index (χ0n) is 33.8. The van der Waals surface area contributed by atoms with Gasteiger partial charge in [0.1, 0.15) is 50.6 Å². The Morgan fingerprint density at radius 1 is 0.603 bits per heavy atom. The van der Waals surface area contributed by atoms with Crippen LogP contribution in [0.25, 0.3) is 0 Å². The molecule has 0 bridgehead atoms. The maximum absolute atomic E-state index is 14.0. The fourth-order valence-electron chi connectivity index (χ4n) is 8.13. The highest BCUT2D eigenvalue weighted by Crippen LogP contribution is 2.61. The van der Waals surface area contributed by atoms with Crippen LogP contribution in [-0.2, 0) is 82.4 Å². The smallest absolute Gasteiger partial charge is 0.391 e. The van der Waals surface area contributed by atoms with E-state index in [0.29, 0.717) is 32.1 Å². The van der Waals surface area contributed by atoms with E-state index in [1.165, 1.54) is 35.0 Å². The maximum atomic E-state index is 14.0. The molecule has 2 saturated carbocycles. The van der Waals surface area contributed by atoms with Gasteiger partial charge in [-0.25, -0.2) is 18.3 Å². The van der Waals surface area contributed by atoms with Gasteiger partial charge >= 0.3 is 31.3 Å². The Balaban J connectivity index is 1.08. The second-order valence-electron chi connectivity index (χ2n) is 16.1. The first-order valence-electron chi connectivity index (χ1n) is 19.4. The van der Waals surface area contributed by atoms with Crippen LogP contribution in [-0.4, -0.2) is 141 Å². The van der Waals surface area contributed by atoms with Gasteiger partial charge in [0, 0.05) is 46.6 Å². The third-order valence-corrected chi connectivity index (χ3v) is 16.5. The van der Waals surface area contributed by atoms with E-state index in [1.54, 1.807) is 13.8 Å². The third kappa shape index (κ3) is 11.5. The van der Waals surface area contributed by atoms with Crippen LogP contribution < -0.4 is 0 Å². The SMILES string of the molecule is [B]C1C[C@H](OP(=O)(O)O[C@@H](C)C2OC3(CC3)C[C@@H]2OP(=O)(O)O[C@@H](C)C2OC3(CC3)C[C@@H]2OP(=O)(OC)O[C@@H](C)C2OC(C)C[C@@H]2OP(=O)(OC)OC)C([C@H](C)O)O1. The van der Waals surface area contributed by atoms with Crippen LogP contribution in [0.15, 0.2) is 0 Å². The number of ether oxygens (including phenoxy) is 4. The molecule has 9 unspecified atom stereocenters. The second kappa shape index (κ2) is 18.1. The third-order valence-electron chi connectivity index (χ3n) is 11.2. The molecule has 2 aliphatic carbocycles. The molecule has 0 amide bonds. The summed E-state index contributed by atoms with van der Waals surface area (Å²) in [6, 6.07) is -0.821. The molecule has 0 aromatic rings. The molecule has 6 fully saturated rings. The normalized spacial score (nSPS) is 39.2. The van der Waals surface area contributed by atoms with Gasteiger partial charge in [-0.3, -0.25) is 45.2 Å². The van der Waals surface area contributed by atoms with Crippen molar-refractivity contribution in [2.24, 2.45) is 0 Å². The van der Waals surface area contributed by atoms with Crippen LogP contribution in [0.3, 0.4) is 0 Å². The van der Waals surface area contributed by atoms with E-state index in [0.717, 1.165) is 7.11 Å². The van der Waals surface area contributed by atoms with Gasteiger partial charge in [-0.05, 0) is 66.7 Å². The van der Waals surface area contributed by atoms with Gasteiger partial charge in [0.25, 0.3) is 0 Å². The summed E-state index contributed by atoms with van der Waals surface area (Å²) >= 11 is 0. The Hall–Kier alpha value is 0.305. The number of hydrogen-bond donors (Lipinski definition) is 3. The zero-order valence-corrected chi connectivity index (χ0v) is 37.4. The van der Waals surface area contributed by atoms with Crippen molar-refractivity contribution < 1.29 is 97.3 Å². The van der Waals surface area contributed by atoms with Crippen molar-refractivity contribution >= 4 is 39.1 Å². The topological polar surface area (TPSA) is 258 Å². The van der Waals surface area contributed by atoms with E-state index < -0.39 is 122 Å². The lowest BCUT2D eigenvalue weighted by molar-refractivity contribution is -0.0862. The molecule has 2 spiro atoms. The fourth-order valence-corrected chi connectivity index (χ4v) is 12.5. The lowest BCUT2D eigenvalue weighted by Crippen LogP contribution is -2.38. The highest BCUT2D eigenvalue weighted by Gasteiger charge is 2.61. The van der Waals surface area contributed by atoms with Gasteiger partial charge in [-0.2, -0.15) is 0 Å². The first-order chi connectivity index (χ1) is 27.0. The molecule has 334 valence electrons. The molecule has 2 radical (unpaired) electrons. The minimum absolute atomic E-state index is 0.0307. The molecule has 4 aliphatic heterocycles. The first-order valence-corrected chi connectivity index (χ1v) is 25.3. The quantitative estimate of drug-likeness (QED) is 0.105. The zero-order chi connectivity index (χ0) is 42.6. The van der Waals surface area contributed by atoms with Crippen LogP contribution in [0.4, 0.5) is 0 Å². The standard InChI is InChI=1S/C32H57BO21P4/c1-17-13-22(53-57(39,41-6)42-7)28(44-17)19(3)50-58(40,43-8)54-25-16-32(11-12-32)47-30(25)21(5)49-56(37,38)52-24-15-31(9-10-31)46-29(24)20(4)48-55(35,36)51-23-14-26(33)45-27(23)18(2)34/h17-30,34H,9-16H2,1-8H3,(H,35,36)(H,37,38)/t17?,18-,19-,20-,21-,22-,23-,24-,25-,26?,27?,28?,29?,30?,58?/m0/s1. The largest absolute Gasteiger partial charge is 0.475 e. The molecule has 0 aromatic carbocycles. The summed E-state index contributed by atoms with van der Waals surface area (Å²) < 4.78 is 132. The van der Waals surface area contributed by atoms with Crippen molar-refractivity contribution in [2.45, 2.75) is 183 Å². The van der Waals surface area contributed by atoms with E-state index in [9.17, 15) is 33.2 Å². The molecule has 6 rings (SSSR count). The van der Waals surface area contributed by atoms with Gasteiger partial charge in [0.05, 0.1) is 47.8 Å². The minimum Gasteiger partial charge on any atom is -0.391 e. The summed E-state index contributed by atoms with van der Waals surface area (Å²) in [5.41, 5.74) is -1.31. The van der Waals surface area contributed by atoms with E-state index in [4.69, 9.17) is 72.0 Å². The lowest BCUT2D eigenvalue weighted by atomic mass is 9.96. The monoisotopic (exact) mass is 912 g/mol. The van der Waals surface area contributed by atoms with Crippen LogP contribution in [0, 0.1) is 0 Å². The molecule has 21 nitrogen and oxygen atoms in total. The van der Waals surface area contributed by atoms with Crippen molar-refractivity contribution in [3.8, 4) is 0 Å². The maximum Gasteiger partial charge on any atom is 0.475 e. The fraction of sp³-hybridized carbons (Fsp3) is 1.00. The van der Waals surface area contributed by atoms with Crippen LogP contribution in [0.1, 0.15) is 86.0 Å². The Kier molecular flexibility index (Phi) is 14.9. The Labute approximate surface area is 339 Å². The van der Waals surface area contributed by atoms with Gasteiger partial charge < -0.3 is 33.8 Å². The Morgan fingerprint density at radius 2 is 1.03 bits per heavy atom. The first kappa shape index (κ1) is 47.8. The second-order valence-corrected chi connectivity index (χ2v) is 22.3. The average Bonchev–Trinajstić information content (AvgIpc) is 3.86. The summed E-state index contributed by atoms with van der Waals surface area (Å²) in [6.45, 7) is 7.69. The van der Waals surface area contributed by atoms with Gasteiger partial charge in [0.2, 0.25) is 0 Å². The van der Waals surface area contributed by atoms with Crippen molar-refractivity contribution in [2.75, 3.05) is 21.3 Å². The lowest BCUT2D eigenvalue weighted by Gasteiger charge is -2.32. The molecule has 26 heteroatoms. The van der Waals surface area contributed by atoms with Crippen molar-refractivity contribution in [3.63, 3.8) is 0 Å². The van der Waals surface area contributed by atoms with E-state index >= 15 is 0 Å². The number of phosphoric ester groups is 4. The number of hydrogen-bond acceptors (Lipinski definition) is 19. The summed E-state index contributed by atoms with van der Waals surface area (Å²) in [7, 11) is -8.74. The number of aliphatic hydroxyl groups is 1. The predicted octanol–water partition coefficient (Wildman–Crippen LogP) is 4.58. The Bertz CT molecular complexity index is 1620. The molecule has 4 heterocycles. The number of rotatable bonds is 21. The molecule has 0 aromatic heterocycles. The van der Waals surface area contributed by atoms with E-state index in [1.807, 2.05) is 0 Å². The average molecular weight is 912 g/mol.